The Morgan fingerprint density at radius 1 is 1.19 bits per heavy atom. The predicted octanol–water partition coefficient (Wildman–Crippen LogP) is 2.91. The van der Waals surface area contributed by atoms with Gasteiger partial charge in [0.25, 0.3) is 11.8 Å². The fraction of sp³-hybridized carbons (Fsp3) is 0.263. The van der Waals surface area contributed by atoms with Crippen LogP contribution in [-0.2, 0) is 4.79 Å². The molecular formula is C19H19ClN2O5. The number of ether oxygens (including phenoxy) is 3. The molecule has 1 aliphatic heterocycles. The van der Waals surface area contributed by atoms with Gasteiger partial charge in [0.05, 0.1) is 5.02 Å². The summed E-state index contributed by atoms with van der Waals surface area (Å²) in [5.74, 6) is 0.364. The number of nitrogens with one attached hydrogen (secondary N) is 2. The Morgan fingerprint density at radius 3 is 2.74 bits per heavy atom. The van der Waals surface area contributed by atoms with E-state index in [0.29, 0.717) is 17.2 Å². The smallest absolute Gasteiger partial charge is 0.279 e. The molecule has 0 radical (unpaired) electrons. The molecular weight excluding hydrogens is 372 g/mol. The Bertz CT molecular complexity index is 900. The normalized spacial score (nSPS) is 13.0. The van der Waals surface area contributed by atoms with E-state index in [1.807, 2.05) is 26.0 Å². The molecule has 2 N–H and O–H groups in total. The Labute approximate surface area is 161 Å². The average Bonchev–Trinajstić information content (AvgIpc) is 3.12. The van der Waals surface area contributed by atoms with Gasteiger partial charge in [-0.1, -0.05) is 23.7 Å². The molecule has 1 heterocycles. The summed E-state index contributed by atoms with van der Waals surface area (Å²) in [5, 5.41) is 0.258. The average molecular weight is 391 g/mol. The van der Waals surface area contributed by atoms with Crippen LogP contribution in [0.15, 0.2) is 30.3 Å². The lowest BCUT2D eigenvalue weighted by Crippen LogP contribution is -2.47. The second kappa shape index (κ2) is 7.75. The van der Waals surface area contributed by atoms with Crippen molar-refractivity contribution in [2.45, 2.75) is 26.9 Å². The first kappa shape index (κ1) is 18.8. The fourth-order valence-corrected chi connectivity index (χ4v) is 2.75. The van der Waals surface area contributed by atoms with Gasteiger partial charge in [0, 0.05) is 5.56 Å². The highest BCUT2D eigenvalue weighted by Gasteiger charge is 2.22. The number of hydrogen-bond acceptors (Lipinski definition) is 5. The molecule has 1 aliphatic rings. The summed E-state index contributed by atoms with van der Waals surface area (Å²) in [4.78, 5) is 24.5. The Balaban J connectivity index is 1.59. The van der Waals surface area contributed by atoms with E-state index in [1.165, 1.54) is 12.1 Å². The maximum absolute atomic E-state index is 12.3. The van der Waals surface area contributed by atoms with Gasteiger partial charge in [-0.05, 0) is 50.1 Å². The first-order valence-electron chi connectivity index (χ1n) is 8.29. The third-order valence-corrected chi connectivity index (χ3v) is 4.50. The van der Waals surface area contributed by atoms with E-state index in [9.17, 15) is 9.59 Å². The van der Waals surface area contributed by atoms with Crippen LogP contribution in [0.4, 0.5) is 0 Å². The van der Waals surface area contributed by atoms with Crippen molar-refractivity contribution in [3.8, 4) is 17.2 Å². The molecule has 27 heavy (non-hydrogen) atoms. The molecule has 2 amide bonds. The van der Waals surface area contributed by atoms with Crippen molar-refractivity contribution in [3.63, 3.8) is 0 Å². The largest absolute Gasteiger partial charge is 0.481 e. The van der Waals surface area contributed by atoms with Crippen molar-refractivity contribution >= 4 is 23.4 Å². The summed E-state index contributed by atoms with van der Waals surface area (Å²) in [7, 11) is 0. The number of halogens is 1. The number of benzene rings is 2. The molecule has 1 atom stereocenters. The van der Waals surface area contributed by atoms with E-state index in [4.69, 9.17) is 25.8 Å². The molecule has 0 spiro atoms. The van der Waals surface area contributed by atoms with E-state index in [2.05, 4.69) is 10.9 Å². The van der Waals surface area contributed by atoms with Crippen LogP contribution in [0.25, 0.3) is 0 Å². The minimum atomic E-state index is -0.800. The SMILES string of the molecule is Cc1cccc(O[C@H](C)C(=O)NNC(=O)c2cc(Cl)c3c(c2)OCO3)c1C. The van der Waals surface area contributed by atoms with E-state index in [0.717, 1.165) is 11.1 Å². The highest BCUT2D eigenvalue weighted by Crippen LogP contribution is 2.39. The number of fused-ring (bicyclic) bond motifs is 1. The number of hydrazine groups is 1. The Morgan fingerprint density at radius 2 is 1.96 bits per heavy atom. The monoisotopic (exact) mass is 390 g/mol. The standard InChI is InChI=1S/C19H19ClN2O5/c1-10-5-4-6-15(11(10)2)27-12(3)18(23)21-22-19(24)13-7-14(20)17-16(8-13)25-9-26-17/h4-8,12H,9H2,1-3H3,(H,21,23)(H,22,24)/t12-/m1/s1. The Kier molecular flexibility index (Phi) is 5.41. The molecule has 0 unspecified atom stereocenters. The molecule has 2 aromatic rings. The van der Waals surface area contributed by atoms with Crippen LogP contribution >= 0.6 is 11.6 Å². The van der Waals surface area contributed by atoms with Crippen molar-refractivity contribution in [1.29, 1.82) is 0 Å². The molecule has 142 valence electrons. The third-order valence-electron chi connectivity index (χ3n) is 4.22. The van der Waals surface area contributed by atoms with Gasteiger partial charge in [-0.15, -0.1) is 0 Å². The molecule has 0 saturated carbocycles. The zero-order valence-corrected chi connectivity index (χ0v) is 15.8. The molecule has 0 aromatic heterocycles. The third kappa shape index (κ3) is 4.09. The lowest BCUT2D eigenvalue weighted by molar-refractivity contribution is -0.128. The fourth-order valence-electron chi connectivity index (χ4n) is 2.49. The molecule has 0 bridgehead atoms. The number of aryl methyl sites for hydroxylation is 1. The predicted molar refractivity (Wildman–Crippen MR) is 99.2 cm³/mol. The zero-order chi connectivity index (χ0) is 19.6. The van der Waals surface area contributed by atoms with E-state index < -0.39 is 17.9 Å². The van der Waals surface area contributed by atoms with Crippen molar-refractivity contribution in [1.82, 2.24) is 10.9 Å². The maximum atomic E-state index is 12.3. The van der Waals surface area contributed by atoms with Gasteiger partial charge in [0.2, 0.25) is 6.79 Å². The molecule has 0 aliphatic carbocycles. The van der Waals surface area contributed by atoms with Crippen LogP contribution in [0.1, 0.15) is 28.4 Å². The summed E-state index contributed by atoms with van der Waals surface area (Å²) in [5.41, 5.74) is 6.93. The summed E-state index contributed by atoms with van der Waals surface area (Å²) in [6.07, 6.45) is -0.800. The van der Waals surface area contributed by atoms with Crippen molar-refractivity contribution in [2.24, 2.45) is 0 Å². The van der Waals surface area contributed by atoms with Crippen molar-refractivity contribution < 1.29 is 23.8 Å². The van der Waals surface area contributed by atoms with Crippen molar-refractivity contribution in [3.05, 3.63) is 52.0 Å². The number of hydrogen-bond donors (Lipinski definition) is 2. The summed E-state index contributed by atoms with van der Waals surface area (Å²) in [6.45, 7) is 5.52. The molecule has 2 aromatic carbocycles. The number of rotatable bonds is 4. The zero-order valence-electron chi connectivity index (χ0n) is 15.1. The van der Waals surface area contributed by atoms with E-state index in [-0.39, 0.29) is 17.4 Å². The number of carbonyl (C=O) groups excluding carboxylic acids is 2. The van der Waals surface area contributed by atoms with E-state index in [1.54, 1.807) is 13.0 Å². The molecule has 3 rings (SSSR count). The minimum absolute atomic E-state index is 0.0457. The number of carbonyl (C=O) groups is 2. The van der Waals surface area contributed by atoms with Gasteiger partial charge >= 0.3 is 0 Å². The minimum Gasteiger partial charge on any atom is -0.481 e. The van der Waals surface area contributed by atoms with Crippen LogP contribution < -0.4 is 25.1 Å². The topological polar surface area (TPSA) is 85.9 Å². The van der Waals surface area contributed by atoms with Crippen LogP contribution in [0, 0.1) is 13.8 Å². The first-order chi connectivity index (χ1) is 12.9. The molecule has 0 saturated heterocycles. The van der Waals surface area contributed by atoms with Gasteiger partial charge in [0.1, 0.15) is 5.75 Å². The van der Waals surface area contributed by atoms with Gasteiger partial charge in [0.15, 0.2) is 17.6 Å². The summed E-state index contributed by atoms with van der Waals surface area (Å²) in [6, 6.07) is 8.54. The lowest BCUT2D eigenvalue weighted by Gasteiger charge is -2.17. The molecule has 8 heteroatoms. The van der Waals surface area contributed by atoms with Gasteiger partial charge in [-0.25, -0.2) is 0 Å². The quantitative estimate of drug-likeness (QED) is 0.784. The van der Waals surface area contributed by atoms with Gasteiger partial charge < -0.3 is 14.2 Å². The van der Waals surface area contributed by atoms with Crippen LogP contribution in [-0.4, -0.2) is 24.7 Å². The second-order valence-electron chi connectivity index (χ2n) is 6.09. The van der Waals surface area contributed by atoms with Crippen LogP contribution in [0.3, 0.4) is 0 Å². The molecule has 0 fully saturated rings. The highest BCUT2D eigenvalue weighted by molar-refractivity contribution is 6.32. The highest BCUT2D eigenvalue weighted by atomic mass is 35.5. The van der Waals surface area contributed by atoms with Crippen LogP contribution in [0.5, 0.6) is 17.2 Å². The second-order valence-corrected chi connectivity index (χ2v) is 6.50. The van der Waals surface area contributed by atoms with Crippen LogP contribution in [0.2, 0.25) is 5.02 Å². The first-order valence-corrected chi connectivity index (χ1v) is 8.67. The van der Waals surface area contributed by atoms with Crippen molar-refractivity contribution in [2.75, 3.05) is 6.79 Å². The number of amides is 2. The van der Waals surface area contributed by atoms with Gasteiger partial charge in [-0.3, -0.25) is 20.4 Å². The lowest BCUT2D eigenvalue weighted by atomic mass is 10.1. The molecule has 7 nitrogen and oxygen atoms in total. The summed E-state index contributed by atoms with van der Waals surface area (Å²) >= 11 is 6.06. The maximum Gasteiger partial charge on any atom is 0.279 e. The van der Waals surface area contributed by atoms with Gasteiger partial charge in [-0.2, -0.15) is 0 Å². The van der Waals surface area contributed by atoms with E-state index >= 15 is 0 Å². The Hall–Kier alpha value is -2.93. The summed E-state index contributed by atoms with van der Waals surface area (Å²) < 4.78 is 16.1.